The van der Waals surface area contributed by atoms with Gasteiger partial charge in [-0.3, -0.25) is 9.59 Å². The molecule has 3 aromatic rings. The Kier molecular flexibility index (Phi) is 6.84. The highest BCUT2D eigenvalue weighted by molar-refractivity contribution is 5.79. The molecule has 166 valence electrons. The lowest BCUT2D eigenvalue weighted by Gasteiger charge is -2.33. The second-order valence-electron chi connectivity index (χ2n) is 8.05. The molecule has 0 saturated carbocycles. The molecule has 0 spiro atoms. The molecule has 1 aromatic heterocycles. The van der Waals surface area contributed by atoms with Crippen molar-refractivity contribution in [3.05, 3.63) is 88.3 Å². The Balaban J connectivity index is 1.37. The number of amides is 1. The molecule has 1 fully saturated rings. The van der Waals surface area contributed by atoms with Crippen LogP contribution >= 0.6 is 0 Å². The highest BCUT2D eigenvalue weighted by atomic mass is 16.5. The summed E-state index contributed by atoms with van der Waals surface area (Å²) < 4.78 is 6.70. The lowest BCUT2D eigenvalue weighted by Crippen LogP contribution is -2.43. The molecule has 1 N–H and O–H groups in total. The molecular weight excluding hydrogens is 404 g/mol. The lowest BCUT2D eigenvalue weighted by atomic mass is 9.96. The SMILES string of the molecule is COc1cccc(CNC(=O)[C@H]2CCCN(c3cnn(Cc4ccccc4)c(=O)c3)C2)c1. The number of anilines is 1. The number of nitrogens with zero attached hydrogens (tertiary/aromatic N) is 3. The van der Waals surface area contributed by atoms with Gasteiger partial charge in [0, 0.05) is 25.7 Å². The zero-order valence-electron chi connectivity index (χ0n) is 18.2. The van der Waals surface area contributed by atoms with Gasteiger partial charge < -0.3 is 15.0 Å². The number of carbonyl (C=O) groups excluding carboxylic acids is 1. The maximum absolute atomic E-state index is 12.8. The van der Waals surface area contributed by atoms with Crippen LogP contribution in [0.3, 0.4) is 0 Å². The topological polar surface area (TPSA) is 76.5 Å². The van der Waals surface area contributed by atoms with Crippen molar-refractivity contribution in [2.75, 3.05) is 25.1 Å². The minimum Gasteiger partial charge on any atom is -0.497 e. The number of aromatic nitrogens is 2. The zero-order chi connectivity index (χ0) is 22.3. The maximum atomic E-state index is 12.8. The highest BCUT2D eigenvalue weighted by Gasteiger charge is 2.26. The van der Waals surface area contributed by atoms with E-state index in [0.29, 0.717) is 19.6 Å². The smallest absolute Gasteiger partial charge is 0.269 e. The van der Waals surface area contributed by atoms with Gasteiger partial charge in [-0.05, 0) is 36.1 Å². The number of methoxy groups -OCH3 is 1. The van der Waals surface area contributed by atoms with Crippen molar-refractivity contribution in [1.29, 1.82) is 0 Å². The molecule has 7 nitrogen and oxygen atoms in total. The van der Waals surface area contributed by atoms with Gasteiger partial charge in [0.05, 0.1) is 31.5 Å². The van der Waals surface area contributed by atoms with Crippen molar-refractivity contribution in [3.63, 3.8) is 0 Å². The lowest BCUT2D eigenvalue weighted by molar-refractivity contribution is -0.125. The Labute approximate surface area is 187 Å². The maximum Gasteiger partial charge on any atom is 0.269 e. The summed E-state index contributed by atoms with van der Waals surface area (Å²) in [6.45, 7) is 2.29. The van der Waals surface area contributed by atoms with Gasteiger partial charge in [-0.25, -0.2) is 4.68 Å². The molecule has 4 rings (SSSR count). The summed E-state index contributed by atoms with van der Waals surface area (Å²) in [6, 6.07) is 19.1. The van der Waals surface area contributed by atoms with Crippen LogP contribution in [-0.4, -0.2) is 35.9 Å². The number of carbonyl (C=O) groups is 1. The quantitative estimate of drug-likeness (QED) is 0.621. The van der Waals surface area contributed by atoms with Gasteiger partial charge in [-0.15, -0.1) is 0 Å². The molecule has 0 aliphatic carbocycles. The van der Waals surface area contributed by atoms with Gasteiger partial charge in [0.1, 0.15) is 5.75 Å². The first-order valence-corrected chi connectivity index (χ1v) is 10.9. The van der Waals surface area contributed by atoms with Crippen LogP contribution in [0.1, 0.15) is 24.0 Å². The highest BCUT2D eigenvalue weighted by Crippen LogP contribution is 2.22. The average molecular weight is 433 g/mol. The molecule has 2 aromatic carbocycles. The molecular formula is C25H28N4O3. The monoisotopic (exact) mass is 432 g/mol. The first kappa shape index (κ1) is 21.6. The number of nitrogens with one attached hydrogen (secondary N) is 1. The second-order valence-corrected chi connectivity index (χ2v) is 8.05. The molecule has 1 aliphatic heterocycles. The third-order valence-electron chi connectivity index (χ3n) is 5.79. The van der Waals surface area contributed by atoms with E-state index >= 15 is 0 Å². The number of hydrogen-bond donors (Lipinski definition) is 1. The first-order chi connectivity index (χ1) is 15.6. The predicted octanol–water partition coefficient (Wildman–Crippen LogP) is 2.83. The summed E-state index contributed by atoms with van der Waals surface area (Å²) in [7, 11) is 1.63. The summed E-state index contributed by atoms with van der Waals surface area (Å²) in [5, 5.41) is 7.40. The summed E-state index contributed by atoms with van der Waals surface area (Å²) >= 11 is 0. The summed E-state index contributed by atoms with van der Waals surface area (Å²) in [6.07, 6.45) is 3.45. The van der Waals surface area contributed by atoms with Gasteiger partial charge in [0.2, 0.25) is 5.91 Å². The molecule has 0 unspecified atom stereocenters. The van der Waals surface area contributed by atoms with Crippen molar-refractivity contribution >= 4 is 11.6 Å². The van der Waals surface area contributed by atoms with Crippen LogP contribution in [0.25, 0.3) is 0 Å². The fraction of sp³-hybridized carbons (Fsp3) is 0.320. The van der Waals surface area contributed by atoms with E-state index in [1.54, 1.807) is 19.4 Å². The van der Waals surface area contributed by atoms with Crippen molar-refractivity contribution in [2.24, 2.45) is 5.92 Å². The van der Waals surface area contributed by atoms with Crippen molar-refractivity contribution < 1.29 is 9.53 Å². The van der Waals surface area contributed by atoms with E-state index in [1.807, 2.05) is 54.6 Å². The Bertz CT molecular complexity index is 1110. The van der Waals surface area contributed by atoms with E-state index in [2.05, 4.69) is 15.3 Å². The fourth-order valence-corrected chi connectivity index (χ4v) is 4.01. The van der Waals surface area contributed by atoms with Crippen LogP contribution < -0.4 is 20.5 Å². The normalized spacial score (nSPS) is 15.9. The molecule has 0 radical (unpaired) electrons. The summed E-state index contributed by atoms with van der Waals surface area (Å²) in [5.41, 5.74) is 2.65. The molecule has 1 amide bonds. The third kappa shape index (κ3) is 5.35. The number of ether oxygens (including phenoxy) is 1. The van der Waals surface area contributed by atoms with Crippen LogP contribution in [0, 0.1) is 5.92 Å². The molecule has 1 aliphatic rings. The van der Waals surface area contributed by atoms with Gasteiger partial charge in [0.25, 0.3) is 5.56 Å². The Morgan fingerprint density at radius 2 is 1.94 bits per heavy atom. The number of rotatable bonds is 7. The van der Waals surface area contributed by atoms with E-state index in [1.165, 1.54) is 4.68 Å². The van der Waals surface area contributed by atoms with Gasteiger partial charge in [-0.2, -0.15) is 5.10 Å². The van der Waals surface area contributed by atoms with E-state index in [-0.39, 0.29) is 17.4 Å². The zero-order valence-corrected chi connectivity index (χ0v) is 18.2. The number of benzene rings is 2. The van der Waals surface area contributed by atoms with Crippen LogP contribution in [0.15, 0.2) is 71.7 Å². The standard InChI is InChI=1S/C25H28N4O3/c1-32-23-11-5-9-20(13-23)15-26-25(31)21-10-6-12-28(18-21)22-14-24(30)29(27-16-22)17-19-7-3-2-4-8-19/h2-5,7-9,11,13-14,16,21H,6,10,12,15,17-18H2,1H3,(H,26,31)/t21-/m0/s1. The first-order valence-electron chi connectivity index (χ1n) is 10.9. The molecule has 2 heterocycles. The van der Waals surface area contributed by atoms with Crippen molar-refractivity contribution in [1.82, 2.24) is 15.1 Å². The average Bonchev–Trinajstić information content (AvgIpc) is 2.84. The second kappa shape index (κ2) is 10.1. The minimum absolute atomic E-state index is 0.0305. The molecule has 7 heteroatoms. The van der Waals surface area contributed by atoms with Gasteiger partial charge in [-0.1, -0.05) is 42.5 Å². The molecule has 0 bridgehead atoms. The molecule has 1 atom stereocenters. The van der Waals surface area contributed by atoms with Crippen LogP contribution in [0.4, 0.5) is 5.69 Å². The Morgan fingerprint density at radius 3 is 2.72 bits per heavy atom. The van der Waals surface area contributed by atoms with Crippen LogP contribution in [0.2, 0.25) is 0 Å². The Morgan fingerprint density at radius 1 is 1.12 bits per heavy atom. The van der Waals surface area contributed by atoms with Gasteiger partial charge in [0.15, 0.2) is 0 Å². The van der Waals surface area contributed by atoms with E-state index in [9.17, 15) is 9.59 Å². The fourth-order valence-electron chi connectivity index (χ4n) is 4.01. The molecule has 32 heavy (non-hydrogen) atoms. The van der Waals surface area contributed by atoms with Crippen LogP contribution in [0.5, 0.6) is 5.75 Å². The third-order valence-corrected chi connectivity index (χ3v) is 5.79. The van der Waals surface area contributed by atoms with Crippen molar-refractivity contribution in [2.45, 2.75) is 25.9 Å². The van der Waals surface area contributed by atoms with Crippen molar-refractivity contribution in [3.8, 4) is 5.75 Å². The predicted molar refractivity (Wildman–Crippen MR) is 124 cm³/mol. The van der Waals surface area contributed by atoms with Crippen LogP contribution in [-0.2, 0) is 17.9 Å². The van der Waals surface area contributed by atoms with E-state index < -0.39 is 0 Å². The van der Waals surface area contributed by atoms with E-state index in [0.717, 1.165) is 42.0 Å². The summed E-state index contributed by atoms with van der Waals surface area (Å²) in [5.74, 6) is 0.680. The largest absolute Gasteiger partial charge is 0.497 e. The van der Waals surface area contributed by atoms with Gasteiger partial charge >= 0.3 is 0 Å². The Hall–Kier alpha value is -3.61. The number of piperidine rings is 1. The van der Waals surface area contributed by atoms with E-state index in [4.69, 9.17) is 4.74 Å². The number of hydrogen-bond acceptors (Lipinski definition) is 5. The minimum atomic E-state index is -0.143. The summed E-state index contributed by atoms with van der Waals surface area (Å²) in [4.78, 5) is 27.5. The molecule has 1 saturated heterocycles.